The predicted octanol–water partition coefficient (Wildman–Crippen LogP) is 2.59. The molecule has 27 heavy (non-hydrogen) atoms. The molecule has 2 N–H and O–H groups in total. The van der Waals surface area contributed by atoms with Crippen molar-refractivity contribution in [3.05, 3.63) is 64.7 Å². The highest BCUT2D eigenvalue weighted by Crippen LogP contribution is 2.31. The number of benzene rings is 2. The molecule has 0 aliphatic carbocycles. The summed E-state index contributed by atoms with van der Waals surface area (Å²) in [4.78, 5) is 14.4. The van der Waals surface area contributed by atoms with Crippen LogP contribution in [0, 0.1) is 0 Å². The highest BCUT2D eigenvalue weighted by atomic mass is 35.5. The molecular formula is C19H21ClN2O4S. The minimum absolute atomic E-state index is 0.0382. The van der Waals surface area contributed by atoms with E-state index in [1.165, 1.54) is 18.2 Å². The van der Waals surface area contributed by atoms with Crippen LogP contribution in [0.1, 0.15) is 28.3 Å². The number of likely N-dealkylation sites (tertiary alicyclic amines) is 1. The van der Waals surface area contributed by atoms with Gasteiger partial charge in [0.25, 0.3) is 5.91 Å². The van der Waals surface area contributed by atoms with Gasteiger partial charge in [-0.2, -0.15) is 0 Å². The van der Waals surface area contributed by atoms with Crippen LogP contribution in [-0.2, 0) is 10.0 Å². The molecule has 0 radical (unpaired) electrons. The molecule has 0 spiro atoms. The normalized spacial score (nSPS) is 20.4. The summed E-state index contributed by atoms with van der Waals surface area (Å²) >= 11 is 5.83. The van der Waals surface area contributed by atoms with Crippen molar-refractivity contribution in [3.63, 3.8) is 0 Å². The minimum atomic E-state index is -3.45. The summed E-state index contributed by atoms with van der Waals surface area (Å²) in [5.74, 6) is -0.579. The second kappa shape index (κ2) is 7.88. The Balaban J connectivity index is 1.85. The number of phenolic OH excluding ortho intramolecular Hbond substituents is 1. The third kappa shape index (κ3) is 4.80. The number of sulfonamides is 1. The van der Waals surface area contributed by atoms with Gasteiger partial charge < -0.3 is 10.0 Å². The van der Waals surface area contributed by atoms with Crippen molar-refractivity contribution in [2.45, 2.75) is 18.4 Å². The second-order valence-electron chi connectivity index (χ2n) is 6.72. The Morgan fingerprint density at radius 1 is 1.22 bits per heavy atom. The van der Waals surface area contributed by atoms with E-state index in [9.17, 15) is 18.3 Å². The first-order valence-corrected chi connectivity index (χ1v) is 10.8. The topological polar surface area (TPSA) is 86.7 Å². The van der Waals surface area contributed by atoms with Gasteiger partial charge in [0.15, 0.2) is 0 Å². The average Bonchev–Trinajstić information content (AvgIpc) is 2.60. The van der Waals surface area contributed by atoms with Gasteiger partial charge in [-0.15, -0.1) is 0 Å². The number of amides is 1. The van der Waals surface area contributed by atoms with Gasteiger partial charge in [0.2, 0.25) is 10.0 Å². The monoisotopic (exact) mass is 408 g/mol. The zero-order chi connectivity index (χ0) is 19.6. The summed E-state index contributed by atoms with van der Waals surface area (Å²) < 4.78 is 26.4. The van der Waals surface area contributed by atoms with E-state index in [0.29, 0.717) is 18.0 Å². The smallest absolute Gasteiger partial charge is 0.257 e. The maximum absolute atomic E-state index is 12.8. The third-order valence-corrected chi connectivity index (χ3v) is 5.65. The number of nitrogens with one attached hydrogen (secondary N) is 1. The van der Waals surface area contributed by atoms with E-state index < -0.39 is 16.1 Å². The van der Waals surface area contributed by atoms with Gasteiger partial charge in [0.1, 0.15) is 5.75 Å². The van der Waals surface area contributed by atoms with Gasteiger partial charge in [0.05, 0.1) is 11.8 Å². The minimum Gasteiger partial charge on any atom is -0.507 e. The van der Waals surface area contributed by atoms with Gasteiger partial charge in [-0.05, 0) is 30.2 Å². The summed E-state index contributed by atoms with van der Waals surface area (Å²) in [6.45, 7) is 0.677. The van der Waals surface area contributed by atoms with Crippen LogP contribution in [0.3, 0.4) is 0 Å². The van der Waals surface area contributed by atoms with E-state index in [0.717, 1.165) is 11.8 Å². The molecule has 2 aromatic carbocycles. The fraction of sp³-hybridized carbons (Fsp3) is 0.316. The molecule has 0 bridgehead atoms. The molecule has 0 unspecified atom stereocenters. The third-order valence-electron chi connectivity index (χ3n) is 4.68. The Hall–Kier alpha value is -2.09. The van der Waals surface area contributed by atoms with Crippen LogP contribution < -0.4 is 4.72 Å². The maximum Gasteiger partial charge on any atom is 0.257 e. The number of hydrogen-bond acceptors (Lipinski definition) is 4. The van der Waals surface area contributed by atoms with Crippen LogP contribution >= 0.6 is 11.6 Å². The molecule has 1 amide bonds. The van der Waals surface area contributed by atoms with E-state index in [2.05, 4.69) is 4.72 Å². The highest BCUT2D eigenvalue weighted by Gasteiger charge is 2.34. The maximum atomic E-state index is 12.8. The first-order chi connectivity index (χ1) is 12.7. The number of halogens is 1. The van der Waals surface area contributed by atoms with Crippen LogP contribution in [-0.4, -0.2) is 49.7 Å². The van der Waals surface area contributed by atoms with E-state index in [1.54, 1.807) is 4.90 Å². The van der Waals surface area contributed by atoms with Gasteiger partial charge in [-0.25, -0.2) is 13.1 Å². The summed E-state index contributed by atoms with van der Waals surface area (Å²) in [5, 5.41) is 10.4. The van der Waals surface area contributed by atoms with Crippen molar-refractivity contribution in [2.24, 2.45) is 0 Å². The van der Waals surface area contributed by atoms with Crippen molar-refractivity contribution < 1.29 is 18.3 Å². The van der Waals surface area contributed by atoms with Gasteiger partial charge >= 0.3 is 0 Å². The van der Waals surface area contributed by atoms with Crippen molar-refractivity contribution in [1.82, 2.24) is 9.62 Å². The largest absolute Gasteiger partial charge is 0.507 e. The lowest BCUT2D eigenvalue weighted by Crippen LogP contribution is -2.52. The van der Waals surface area contributed by atoms with Crippen LogP contribution in [0.5, 0.6) is 5.75 Å². The molecule has 1 fully saturated rings. The number of piperidine rings is 1. The number of phenols is 1. The summed E-state index contributed by atoms with van der Waals surface area (Å²) in [6.07, 6.45) is 1.72. The Bertz CT molecular complexity index is 934. The molecule has 1 saturated heterocycles. The number of hydrogen-bond donors (Lipinski definition) is 2. The summed E-state index contributed by atoms with van der Waals surface area (Å²) in [6, 6.07) is 13.5. The first kappa shape index (κ1) is 19.7. The molecule has 0 saturated carbocycles. The zero-order valence-electron chi connectivity index (χ0n) is 14.8. The van der Waals surface area contributed by atoms with Crippen molar-refractivity contribution in [2.75, 3.05) is 19.3 Å². The van der Waals surface area contributed by atoms with E-state index in [1.807, 2.05) is 30.3 Å². The molecule has 1 heterocycles. The summed E-state index contributed by atoms with van der Waals surface area (Å²) in [7, 11) is -3.45. The molecular weight excluding hydrogens is 388 g/mol. The lowest BCUT2D eigenvalue weighted by atomic mass is 9.85. The van der Waals surface area contributed by atoms with Gasteiger partial charge in [-0.3, -0.25) is 4.79 Å². The van der Waals surface area contributed by atoms with Crippen molar-refractivity contribution >= 4 is 27.5 Å². The number of nitrogens with zero attached hydrogens (tertiary/aromatic N) is 1. The fourth-order valence-electron chi connectivity index (χ4n) is 3.49. The van der Waals surface area contributed by atoms with Crippen LogP contribution in [0.2, 0.25) is 5.02 Å². The number of carbonyl (C=O) groups excluding carboxylic acids is 1. The highest BCUT2D eigenvalue weighted by molar-refractivity contribution is 7.88. The van der Waals surface area contributed by atoms with E-state index >= 15 is 0 Å². The number of rotatable bonds is 4. The number of aromatic hydroxyl groups is 1. The number of carbonyl (C=O) groups is 1. The molecule has 0 aromatic heterocycles. The van der Waals surface area contributed by atoms with E-state index in [-0.39, 0.29) is 29.7 Å². The lowest BCUT2D eigenvalue weighted by molar-refractivity contribution is 0.0683. The Kier molecular flexibility index (Phi) is 5.74. The average molecular weight is 409 g/mol. The SMILES string of the molecule is CS(=O)(=O)N[C@H]1CN(C(=O)c2ccc(Cl)cc2O)CC[C@H]1c1ccccc1. The molecule has 144 valence electrons. The van der Waals surface area contributed by atoms with Crippen molar-refractivity contribution in [3.8, 4) is 5.75 Å². The summed E-state index contributed by atoms with van der Waals surface area (Å²) in [5.41, 5.74) is 1.18. The van der Waals surface area contributed by atoms with Gasteiger partial charge in [-0.1, -0.05) is 41.9 Å². The Morgan fingerprint density at radius 2 is 1.93 bits per heavy atom. The second-order valence-corrected chi connectivity index (χ2v) is 8.93. The van der Waals surface area contributed by atoms with Crippen molar-refractivity contribution in [1.29, 1.82) is 0 Å². The fourth-order valence-corrected chi connectivity index (χ4v) is 4.44. The predicted molar refractivity (Wildman–Crippen MR) is 105 cm³/mol. The Morgan fingerprint density at radius 3 is 2.56 bits per heavy atom. The molecule has 2 atom stereocenters. The van der Waals surface area contributed by atoms with Gasteiger partial charge in [0, 0.05) is 30.1 Å². The zero-order valence-corrected chi connectivity index (χ0v) is 16.4. The molecule has 1 aliphatic rings. The molecule has 3 rings (SSSR count). The van der Waals surface area contributed by atoms with Crippen LogP contribution in [0.15, 0.2) is 48.5 Å². The molecule has 2 aromatic rings. The standard InChI is InChI=1S/C19H21ClN2O4S/c1-27(25,26)21-17-12-22(10-9-15(17)13-5-3-2-4-6-13)19(24)16-8-7-14(20)11-18(16)23/h2-8,11,15,17,21,23H,9-10,12H2,1H3/t15-,17-/m0/s1. The quantitative estimate of drug-likeness (QED) is 0.814. The molecule has 1 aliphatic heterocycles. The van der Waals surface area contributed by atoms with Crippen LogP contribution in [0.4, 0.5) is 0 Å². The molecule has 6 nitrogen and oxygen atoms in total. The van der Waals surface area contributed by atoms with E-state index in [4.69, 9.17) is 11.6 Å². The lowest BCUT2D eigenvalue weighted by Gasteiger charge is -2.39. The first-order valence-electron chi connectivity index (χ1n) is 8.54. The molecule has 8 heteroatoms. The van der Waals surface area contributed by atoms with Crippen LogP contribution in [0.25, 0.3) is 0 Å². The Labute approximate surface area is 163 Å².